The van der Waals surface area contributed by atoms with Gasteiger partial charge in [0.25, 0.3) is 5.91 Å². The molecule has 108 valence electrons. The molecule has 0 saturated carbocycles. The normalized spacial score (nSPS) is 11.1. The summed E-state index contributed by atoms with van der Waals surface area (Å²) in [4.78, 5) is 21.5. The van der Waals surface area contributed by atoms with E-state index in [1.807, 2.05) is 30.3 Å². The van der Waals surface area contributed by atoms with Gasteiger partial charge in [0.05, 0.1) is 0 Å². The Hall–Kier alpha value is -2.44. The zero-order valence-electron chi connectivity index (χ0n) is 11.0. The molecular weight excluding hydrogens is 262 g/mol. The number of benzene rings is 1. The average molecular weight is 279 g/mol. The van der Waals surface area contributed by atoms with Crippen molar-refractivity contribution in [3.63, 3.8) is 0 Å². The maximum absolute atomic E-state index is 11.7. The number of unbranched alkanes of at least 4 members (excludes halogenated alkanes) is 1. The smallest absolute Gasteiger partial charge is 0.269 e. The predicted molar refractivity (Wildman–Crippen MR) is 73.2 cm³/mol. The molecule has 1 aromatic carbocycles. The van der Waals surface area contributed by atoms with Crippen LogP contribution in [-0.4, -0.2) is 28.3 Å². The molecule has 0 aliphatic heterocycles. The van der Waals surface area contributed by atoms with Gasteiger partial charge in [-0.2, -0.15) is 0 Å². The first-order valence-electron chi connectivity index (χ1n) is 6.28. The molecule has 0 spiro atoms. The van der Waals surface area contributed by atoms with Crippen LogP contribution in [0.3, 0.4) is 0 Å². The molecule has 0 heterocycles. The summed E-state index contributed by atoms with van der Waals surface area (Å²) >= 11 is 0. The summed E-state index contributed by atoms with van der Waals surface area (Å²) in [5, 5.41) is 24.5. The molecule has 7 nitrogen and oxygen atoms in total. The Morgan fingerprint density at radius 2 is 2.00 bits per heavy atom. The molecule has 2 N–H and O–H groups in total. The Labute approximate surface area is 116 Å². The third-order valence-electron chi connectivity index (χ3n) is 2.68. The maximum Gasteiger partial charge on any atom is 0.269 e. The lowest BCUT2D eigenvalue weighted by Crippen LogP contribution is -2.30. The Kier molecular flexibility index (Phi) is 6.74. The van der Waals surface area contributed by atoms with Crippen molar-refractivity contribution in [2.45, 2.75) is 25.8 Å². The summed E-state index contributed by atoms with van der Waals surface area (Å²) in [5.74, 6) is -0.461. The van der Waals surface area contributed by atoms with Crippen molar-refractivity contribution in [1.29, 1.82) is 0 Å². The highest BCUT2D eigenvalue weighted by atomic mass is 16.6. The fourth-order valence-electron chi connectivity index (χ4n) is 1.62. The molecule has 0 aromatic heterocycles. The number of oxime groups is 1. The van der Waals surface area contributed by atoms with Gasteiger partial charge in [0, 0.05) is 17.9 Å². The second-order valence-electron chi connectivity index (χ2n) is 4.23. The number of carbonyl (C=O) groups is 1. The van der Waals surface area contributed by atoms with Crippen LogP contribution >= 0.6 is 0 Å². The molecule has 20 heavy (non-hydrogen) atoms. The molecule has 1 amide bonds. The molecule has 0 radical (unpaired) electrons. The van der Waals surface area contributed by atoms with Crippen molar-refractivity contribution in [3.8, 4) is 0 Å². The monoisotopic (exact) mass is 279 g/mol. The van der Waals surface area contributed by atoms with Crippen molar-refractivity contribution in [2.24, 2.45) is 5.16 Å². The number of hydrogen-bond donors (Lipinski definition) is 2. The van der Waals surface area contributed by atoms with E-state index in [4.69, 9.17) is 5.21 Å². The van der Waals surface area contributed by atoms with Crippen molar-refractivity contribution < 1.29 is 14.9 Å². The highest BCUT2D eigenvalue weighted by Gasteiger charge is 2.12. The molecular formula is C13H17N3O4. The first-order valence-corrected chi connectivity index (χ1v) is 6.28. The van der Waals surface area contributed by atoms with Gasteiger partial charge in [-0.15, -0.1) is 0 Å². The van der Waals surface area contributed by atoms with Crippen LogP contribution in [0.5, 0.6) is 0 Å². The number of carbonyl (C=O) groups excluding carboxylic acids is 1. The van der Waals surface area contributed by atoms with Crippen LogP contribution in [0.1, 0.15) is 24.8 Å². The SMILES string of the molecule is O=C(NCc1ccccc1)C(CCCC[N+](=O)[O-])=NO. The molecule has 1 aromatic rings. The van der Waals surface area contributed by atoms with Gasteiger partial charge in [-0.3, -0.25) is 14.9 Å². The molecule has 0 aliphatic rings. The van der Waals surface area contributed by atoms with Crippen LogP contribution < -0.4 is 5.32 Å². The molecule has 0 aliphatic carbocycles. The number of nitrogens with zero attached hydrogens (tertiary/aromatic N) is 2. The van der Waals surface area contributed by atoms with Gasteiger partial charge in [0.1, 0.15) is 5.71 Å². The summed E-state index contributed by atoms with van der Waals surface area (Å²) in [6, 6.07) is 9.34. The van der Waals surface area contributed by atoms with Crippen molar-refractivity contribution in [2.75, 3.05) is 6.54 Å². The van der Waals surface area contributed by atoms with E-state index in [0.29, 0.717) is 19.4 Å². The molecule has 0 unspecified atom stereocenters. The zero-order chi connectivity index (χ0) is 14.8. The van der Waals surface area contributed by atoms with Crippen LogP contribution in [0.15, 0.2) is 35.5 Å². The van der Waals surface area contributed by atoms with E-state index in [-0.39, 0.29) is 18.7 Å². The average Bonchev–Trinajstić information content (AvgIpc) is 2.45. The molecule has 0 bridgehead atoms. The van der Waals surface area contributed by atoms with Crippen LogP contribution in [0.25, 0.3) is 0 Å². The standard InChI is InChI=1S/C13H17N3O4/c17-13(14-10-11-6-2-1-3-7-11)12(15-18)8-4-5-9-16(19)20/h1-3,6-7,18H,4-5,8-10H2,(H,14,17). The van der Waals surface area contributed by atoms with E-state index in [1.165, 1.54) is 0 Å². The minimum absolute atomic E-state index is 0.00993. The largest absolute Gasteiger partial charge is 0.410 e. The highest BCUT2D eigenvalue weighted by molar-refractivity contribution is 6.38. The fourth-order valence-corrected chi connectivity index (χ4v) is 1.62. The number of amides is 1. The van der Waals surface area contributed by atoms with E-state index in [1.54, 1.807) is 0 Å². The van der Waals surface area contributed by atoms with Gasteiger partial charge in [-0.25, -0.2) is 0 Å². The Bertz CT molecular complexity index is 474. The minimum atomic E-state index is -0.461. The van der Waals surface area contributed by atoms with Gasteiger partial charge in [0.2, 0.25) is 6.54 Å². The lowest BCUT2D eigenvalue weighted by atomic mass is 10.1. The third kappa shape index (κ3) is 5.94. The molecule has 1 rings (SSSR count). The summed E-state index contributed by atoms with van der Waals surface area (Å²) < 4.78 is 0. The van der Waals surface area contributed by atoms with Gasteiger partial charge < -0.3 is 10.5 Å². The number of rotatable bonds is 8. The summed E-state index contributed by atoms with van der Waals surface area (Å²) in [5.41, 5.74) is 0.927. The lowest BCUT2D eigenvalue weighted by Gasteiger charge is -2.06. The summed E-state index contributed by atoms with van der Waals surface area (Å²) in [7, 11) is 0. The van der Waals surface area contributed by atoms with Crippen molar-refractivity contribution in [3.05, 3.63) is 46.0 Å². The summed E-state index contributed by atoms with van der Waals surface area (Å²) in [6.07, 6.45) is 0.988. The molecule has 0 fully saturated rings. The Balaban J connectivity index is 2.34. The topological polar surface area (TPSA) is 105 Å². The Morgan fingerprint density at radius 3 is 2.60 bits per heavy atom. The van der Waals surface area contributed by atoms with Crippen LogP contribution in [-0.2, 0) is 11.3 Å². The number of nitrogens with one attached hydrogen (secondary N) is 1. The quantitative estimate of drug-likeness (QED) is 0.248. The third-order valence-corrected chi connectivity index (χ3v) is 2.68. The molecule has 7 heteroatoms. The second kappa shape index (κ2) is 8.63. The predicted octanol–water partition coefficient (Wildman–Crippen LogP) is 1.58. The van der Waals surface area contributed by atoms with Crippen molar-refractivity contribution >= 4 is 11.6 Å². The van der Waals surface area contributed by atoms with Gasteiger partial charge in [-0.05, 0) is 18.4 Å². The van der Waals surface area contributed by atoms with E-state index in [0.717, 1.165) is 5.56 Å². The maximum atomic E-state index is 11.7. The molecule has 0 saturated heterocycles. The highest BCUT2D eigenvalue weighted by Crippen LogP contribution is 2.01. The number of hydrogen-bond acceptors (Lipinski definition) is 5. The van der Waals surface area contributed by atoms with E-state index < -0.39 is 10.8 Å². The van der Waals surface area contributed by atoms with Crippen LogP contribution in [0, 0.1) is 10.1 Å². The van der Waals surface area contributed by atoms with Crippen molar-refractivity contribution in [1.82, 2.24) is 5.32 Å². The first-order chi connectivity index (χ1) is 9.63. The van der Waals surface area contributed by atoms with Crippen LogP contribution in [0.4, 0.5) is 0 Å². The van der Waals surface area contributed by atoms with E-state index in [9.17, 15) is 14.9 Å². The van der Waals surface area contributed by atoms with Gasteiger partial charge in [-0.1, -0.05) is 35.5 Å². The van der Waals surface area contributed by atoms with Gasteiger partial charge >= 0.3 is 0 Å². The van der Waals surface area contributed by atoms with Crippen LogP contribution in [0.2, 0.25) is 0 Å². The Morgan fingerprint density at radius 1 is 1.30 bits per heavy atom. The lowest BCUT2D eigenvalue weighted by molar-refractivity contribution is -0.480. The second-order valence-corrected chi connectivity index (χ2v) is 4.23. The zero-order valence-corrected chi connectivity index (χ0v) is 11.0. The van der Waals surface area contributed by atoms with E-state index in [2.05, 4.69) is 10.5 Å². The number of nitro groups is 1. The first kappa shape index (κ1) is 15.6. The van der Waals surface area contributed by atoms with E-state index >= 15 is 0 Å². The molecule has 0 atom stereocenters. The fraction of sp³-hybridized carbons (Fsp3) is 0.385. The minimum Gasteiger partial charge on any atom is -0.410 e. The van der Waals surface area contributed by atoms with Gasteiger partial charge in [0.15, 0.2) is 0 Å². The summed E-state index contributed by atoms with van der Waals surface area (Å²) in [6.45, 7) is 0.192.